The molecule has 116 valence electrons. The van der Waals surface area contributed by atoms with Crippen LogP contribution >= 0.6 is 0 Å². The van der Waals surface area contributed by atoms with Crippen molar-refractivity contribution in [2.75, 3.05) is 13.1 Å². The Bertz CT molecular complexity index is 320. The molecule has 0 atom stereocenters. The molecular weight excluding hydrogens is 256 g/mol. The maximum absolute atomic E-state index is 11.5. The summed E-state index contributed by atoms with van der Waals surface area (Å²) in [7, 11) is 0. The highest BCUT2D eigenvalue weighted by Gasteiger charge is 2.17. The van der Waals surface area contributed by atoms with E-state index in [4.69, 9.17) is 4.74 Å². The number of amides is 2. The van der Waals surface area contributed by atoms with Crippen LogP contribution in [0.15, 0.2) is 0 Å². The van der Waals surface area contributed by atoms with Gasteiger partial charge >= 0.3 is 6.09 Å². The third kappa shape index (κ3) is 8.02. The van der Waals surface area contributed by atoms with Gasteiger partial charge in [0.2, 0.25) is 5.91 Å². The molecule has 1 aliphatic rings. The van der Waals surface area contributed by atoms with E-state index in [1.54, 1.807) is 0 Å². The maximum Gasteiger partial charge on any atom is 0.407 e. The summed E-state index contributed by atoms with van der Waals surface area (Å²) in [6.45, 7) is 6.71. The van der Waals surface area contributed by atoms with Crippen molar-refractivity contribution in [2.45, 2.75) is 64.9 Å². The van der Waals surface area contributed by atoms with Gasteiger partial charge in [0.1, 0.15) is 5.60 Å². The Labute approximate surface area is 121 Å². The van der Waals surface area contributed by atoms with Gasteiger partial charge in [0.15, 0.2) is 0 Å². The van der Waals surface area contributed by atoms with E-state index in [-0.39, 0.29) is 5.91 Å². The lowest BCUT2D eigenvalue weighted by Crippen LogP contribution is -2.33. The topological polar surface area (TPSA) is 67.4 Å². The van der Waals surface area contributed by atoms with E-state index < -0.39 is 11.7 Å². The van der Waals surface area contributed by atoms with E-state index >= 15 is 0 Å². The second-order valence-electron chi connectivity index (χ2n) is 6.47. The first-order chi connectivity index (χ1) is 9.37. The maximum atomic E-state index is 11.5. The molecule has 20 heavy (non-hydrogen) atoms. The van der Waals surface area contributed by atoms with Crippen molar-refractivity contribution >= 4 is 12.0 Å². The average molecular weight is 284 g/mol. The van der Waals surface area contributed by atoms with Crippen LogP contribution in [0.25, 0.3) is 0 Å². The van der Waals surface area contributed by atoms with Crippen LogP contribution in [0.1, 0.15) is 59.3 Å². The van der Waals surface area contributed by atoms with E-state index in [0.29, 0.717) is 19.4 Å². The van der Waals surface area contributed by atoms with Gasteiger partial charge in [-0.15, -0.1) is 0 Å². The first kappa shape index (κ1) is 16.8. The summed E-state index contributed by atoms with van der Waals surface area (Å²) in [6.07, 6.45) is 5.72. The van der Waals surface area contributed by atoms with Gasteiger partial charge in [-0.3, -0.25) is 4.79 Å². The standard InChI is InChI=1S/C15H28N2O3/c1-15(2,3)20-14(19)17-10-5-8-13(18)16-11-9-12-6-4-7-12/h12H,4-11H2,1-3H3,(H,16,18)(H,17,19). The predicted molar refractivity (Wildman–Crippen MR) is 78.4 cm³/mol. The molecule has 1 aliphatic carbocycles. The Morgan fingerprint density at radius 3 is 2.40 bits per heavy atom. The van der Waals surface area contributed by atoms with E-state index in [1.165, 1.54) is 19.3 Å². The molecule has 1 saturated carbocycles. The molecule has 1 rings (SSSR count). The Morgan fingerprint density at radius 2 is 1.85 bits per heavy atom. The molecule has 5 nitrogen and oxygen atoms in total. The van der Waals surface area contributed by atoms with Crippen molar-refractivity contribution in [1.82, 2.24) is 10.6 Å². The van der Waals surface area contributed by atoms with Crippen molar-refractivity contribution in [3.05, 3.63) is 0 Å². The van der Waals surface area contributed by atoms with Crippen LogP contribution in [0.5, 0.6) is 0 Å². The van der Waals surface area contributed by atoms with Crippen LogP contribution in [0.4, 0.5) is 4.79 Å². The zero-order chi connectivity index (χ0) is 15.0. The van der Waals surface area contributed by atoms with E-state index in [9.17, 15) is 9.59 Å². The fourth-order valence-corrected chi connectivity index (χ4v) is 2.04. The van der Waals surface area contributed by atoms with Gasteiger partial charge in [0, 0.05) is 19.5 Å². The minimum Gasteiger partial charge on any atom is -0.444 e. The van der Waals surface area contributed by atoms with Gasteiger partial charge in [-0.1, -0.05) is 19.3 Å². The zero-order valence-electron chi connectivity index (χ0n) is 13.0. The van der Waals surface area contributed by atoms with Crippen molar-refractivity contribution in [1.29, 1.82) is 0 Å². The summed E-state index contributed by atoms with van der Waals surface area (Å²) in [5, 5.41) is 5.57. The first-order valence-electron chi connectivity index (χ1n) is 7.60. The number of hydrogen-bond acceptors (Lipinski definition) is 3. The average Bonchev–Trinajstić information content (AvgIpc) is 2.25. The van der Waals surface area contributed by atoms with Gasteiger partial charge < -0.3 is 15.4 Å². The number of ether oxygens (including phenoxy) is 1. The third-order valence-corrected chi connectivity index (χ3v) is 3.35. The highest BCUT2D eigenvalue weighted by molar-refractivity contribution is 5.75. The summed E-state index contributed by atoms with van der Waals surface area (Å²) in [5.74, 6) is 0.888. The molecule has 0 saturated heterocycles. The summed E-state index contributed by atoms with van der Waals surface area (Å²) >= 11 is 0. The van der Waals surface area contributed by atoms with Gasteiger partial charge in [0.05, 0.1) is 0 Å². The second-order valence-corrected chi connectivity index (χ2v) is 6.47. The molecule has 1 fully saturated rings. The van der Waals surface area contributed by atoms with Crippen LogP contribution in [0.2, 0.25) is 0 Å². The normalized spacial score (nSPS) is 15.3. The van der Waals surface area contributed by atoms with Crippen LogP contribution in [0, 0.1) is 5.92 Å². The summed E-state index contributed by atoms with van der Waals surface area (Å²) < 4.78 is 5.10. The Balaban J connectivity index is 1.94. The predicted octanol–water partition coefficient (Wildman–Crippen LogP) is 2.60. The minimum absolute atomic E-state index is 0.0651. The summed E-state index contributed by atoms with van der Waals surface area (Å²) in [4.78, 5) is 22.9. The van der Waals surface area contributed by atoms with Crippen LogP contribution < -0.4 is 10.6 Å². The SMILES string of the molecule is CC(C)(C)OC(=O)NCCCC(=O)NCCC1CCC1. The van der Waals surface area contributed by atoms with Gasteiger partial charge in [-0.25, -0.2) is 4.79 Å². The number of alkyl carbamates (subject to hydrolysis) is 1. The lowest BCUT2D eigenvalue weighted by atomic mass is 9.83. The fraction of sp³-hybridized carbons (Fsp3) is 0.867. The van der Waals surface area contributed by atoms with Crippen molar-refractivity contribution < 1.29 is 14.3 Å². The van der Waals surface area contributed by atoms with E-state index in [2.05, 4.69) is 10.6 Å². The van der Waals surface area contributed by atoms with Crippen molar-refractivity contribution in [3.63, 3.8) is 0 Å². The van der Waals surface area contributed by atoms with E-state index in [0.717, 1.165) is 18.9 Å². The number of hydrogen-bond donors (Lipinski definition) is 2. The molecular formula is C15H28N2O3. The fourth-order valence-electron chi connectivity index (χ4n) is 2.04. The molecule has 0 aromatic rings. The van der Waals surface area contributed by atoms with Crippen LogP contribution in [-0.4, -0.2) is 30.7 Å². The molecule has 0 bridgehead atoms. The molecule has 2 amide bonds. The Morgan fingerprint density at radius 1 is 1.15 bits per heavy atom. The quantitative estimate of drug-likeness (QED) is 0.706. The number of carbonyl (C=O) groups is 2. The van der Waals surface area contributed by atoms with Gasteiger partial charge in [0.25, 0.3) is 0 Å². The number of nitrogens with one attached hydrogen (secondary N) is 2. The molecule has 0 aromatic carbocycles. The zero-order valence-corrected chi connectivity index (χ0v) is 13.0. The largest absolute Gasteiger partial charge is 0.444 e. The number of carbonyl (C=O) groups excluding carboxylic acids is 2. The smallest absolute Gasteiger partial charge is 0.407 e. The Kier molecular flexibility index (Phi) is 6.82. The molecule has 0 aromatic heterocycles. The van der Waals surface area contributed by atoms with Crippen LogP contribution in [0.3, 0.4) is 0 Å². The highest BCUT2D eigenvalue weighted by Crippen LogP contribution is 2.28. The van der Waals surface area contributed by atoms with Crippen molar-refractivity contribution in [2.24, 2.45) is 5.92 Å². The molecule has 5 heteroatoms. The molecule has 0 heterocycles. The van der Waals surface area contributed by atoms with Gasteiger partial charge in [-0.2, -0.15) is 0 Å². The molecule has 0 radical (unpaired) electrons. The Hall–Kier alpha value is -1.26. The summed E-state index contributed by atoms with van der Waals surface area (Å²) in [5.41, 5.74) is -0.483. The number of rotatable bonds is 7. The van der Waals surface area contributed by atoms with Gasteiger partial charge in [-0.05, 0) is 39.5 Å². The lowest BCUT2D eigenvalue weighted by Gasteiger charge is -2.25. The third-order valence-electron chi connectivity index (χ3n) is 3.35. The molecule has 0 aliphatic heterocycles. The highest BCUT2D eigenvalue weighted by atomic mass is 16.6. The lowest BCUT2D eigenvalue weighted by molar-refractivity contribution is -0.121. The molecule has 0 unspecified atom stereocenters. The molecule has 2 N–H and O–H groups in total. The molecule has 0 spiro atoms. The van der Waals surface area contributed by atoms with E-state index in [1.807, 2.05) is 20.8 Å². The summed E-state index contributed by atoms with van der Waals surface area (Å²) in [6, 6.07) is 0. The van der Waals surface area contributed by atoms with Crippen molar-refractivity contribution in [3.8, 4) is 0 Å². The minimum atomic E-state index is -0.483. The first-order valence-corrected chi connectivity index (χ1v) is 7.60. The second kappa shape index (κ2) is 8.12. The van der Waals surface area contributed by atoms with Crippen LogP contribution in [-0.2, 0) is 9.53 Å². The monoisotopic (exact) mass is 284 g/mol.